The number of benzene rings is 1. The summed E-state index contributed by atoms with van der Waals surface area (Å²) in [7, 11) is 0. The molecular weight excluding hydrogens is 401 g/mol. The molecule has 2 fully saturated rings. The van der Waals surface area contributed by atoms with Crippen molar-refractivity contribution in [3.63, 3.8) is 0 Å². The smallest absolute Gasteiger partial charge is 0.141 e. The van der Waals surface area contributed by atoms with Crippen LogP contribution in [0.25, 0.3) is 5.57 Å². The van der Waals surface area contributed by atoms with Crippen molar-refractivity contribution >= 4 is 11.3 Å². The van der Waals surface area contributed by atoms with Crippen LogP contribution >= 0.6 is 0 Å². The molecule has 1 saturated carbocycles. The van der Waals surface area contributed by atoms with Gasteiger partial charge in [-0.3, -0.25) is 4.90 Å². The summed E-state index contributed by atoms with van der Waals surface area (Å²) in [4.78, 5) is 9.82. The van der Waals surface area contributed by atoms with Gasteiger partial charge in [0.05, 0.1) is 0 Å². The summed E-state index contributed by atoms with van der Waals surface area (Å²) < 4.78 is 21.3. The molecule has 4 bridgehead atoms. The van der Waals surface area contributed by atoms with E-state index in [-0.39, 0.29) is 5.82 Å². The van der Waals surface area contributed by atoms with Gasteiger partial charge >= 0.3 is 0 Å². The van der Waals surface area contributed by atoms with Crippen LogP contribution in [0.5, 0.6) is 5.75 Å². The van der Waals surface area contributed by atoms with E-state index in [9.17, 15) is 4.39 Å². The molecule has 3 unspecified atom stereocenters. The lowest BCUT2D eigenvalue weighted by Crippen LogP contribution is -2.49. The largest absolute Gasteiger partial charge is 0.492 e. The highest BCUT2D eigenvalue weighted by Gasteiger charge is 2.38. The standard InChI is InChI=1S/C27H32FN3O/c1-18-9-12-31-16-20-5-2-4-19(20)14-21(31)17-32-22-7-8-25(28)24(15-22)23-6-3-11-30-13-10-26(18)29-27(23)30/h3,6-8,10,13,15,18-21H,2,4-5,9,11-12,14,16-17H2,1H3/t18?,19?,20-,21?/m0/s1. The van der Waals surface area contributed by atoms with Crippen molar-refractivity contribution in [2.24, 2.45) is 22.7 Å². The van der Waals surface area contributed by atoms with Gasteiger partial charge in [0.25, 0.3) is 0 Å². The highest BCUT2D eigenvalue weighted by Crippen LogP contribution is 2.41. The summed E-state index contributed by atoms with van der Waals surface area (Å²) in [6.45, 7) is 5.98. The number of piperidine rings is 1. The number of nitrogens with zero attached hydrogens (tertiary/aromatic N) is 3. The normalized spacial score (nSPS) is 32.1. The predicted octanol–water partition coefficient (Wildman–Crippen LogP) is 5.24. The van der Waals surface area contributed by atoms with E-state index in [0.29, 0.717) is 24.1 Å². The van der Waals surface area contributed by atoms with Crippen LogP contribution in [0.15, 0.2) is 53.4 Å². The molecule has 6 rings (SSSR count). The number of fused-ring (bicyclic) bond motifs is 5. The van der Waals surface area contributed by atoms with Crippen LogP contribution in [0, 0.1) is 23.6 Å². The lowest BCUT2D eigenvalue weighted by molar-refractivity contribution is 0.0445. The zero-order valence-corrected chi connectivity index (χ0v) is 18.8. The van der Waals surface area contributed by atoms with Gasteiger partial charge in [-0.1, -0.05) is 31.9 Å². The Bertz CT molecular complexity index is 1030. The molecule has 32 heavy (non-hydrogen) atoms. The van der Waals surface area contributed by atoms with Crippen molar-refractivity contribution < 1.29 is 9.13 Å². The summed E-state index contributed by atoms with van der Waals surface area (Å²) in [6.07, 6.45) is 14.7. The maximum atomic E-state index is 15.0. The molecule has 4 heterocycles. The average Bonchev–Trinajstić information content (AvgIpc) is 3.28. The molecule has 1 saturated heterocycles. The first-order chi connectivity index (χ1) is 15.7. The second-order valence-electron chi connectivity index (χ2n) is 10.1. The molecule has 0 radical (unpaired) electrons. The Balaban J connectivity index is 1.40. The van der Waals surface area contributed by atoms with Gasteiger partial charge in [-0.05, 0) is 67.8 Å². The second kappa shape index (κ2) is 8.18. The third-order valence-electron chi connectivity index (χ3n) is 8.16. The van der Waals surface area contributed by atoms with Gasteiger partial charge in [-0.2, -0.15) is 0 Å². The molecule has 0 aromatic heterocycles. The fraction of sp³-hybridized carbons (Fsp3) is 0.519. The van der Waals surface area contributed by atoms with Crippen LogP contribution in [0.3, 0.4) is 0 Å². The van der Waals surface area contributed by atoms with Gasteiger partial charge < -0.3 is 9.64 Å². The highest BCUT2D eigenvalue weighted by molar-refractivity contribution is 5.99. The predicted molar refractivity (Wildman–Crippen MR) is 126 cm³/mol. The van der Waals surface area contributed by atoms with Crippen LogP contribution in [-0.4, -0.2) is 47.8 Å². The summed E-state index contributed by atoms with van der Waals surface area (Å²) in [5.41, 5.74) is 2.50. The number of aliphatic imine (C=N–C) groups is 1. The van der Waals surface area contributed by atoms with Crippen LogP contribution in [0.4, 0.5) is 4.39 Å². The Morgan fingerprint density at radius 3 is 2.97 bits per heavy atom. The van der Waals surface area contributed by atoms with E-state index in [1.807, 2.05) is 12.1 Å². The summed E-state index contributed by atoms with van der Waals surface area (Å²) in [5.74, 6) is 3.40. The molecule has 4 nitrogen and oxygen atoms in total. The van der Waals surface area contributed by atoms with Crippen LogP contribution in [0.2, 0.25) is 0 Å². The monoisotopic (exact) mass is 433 g/mol. The van der Waals surface area contributed by atoms with Crippen LogP contribution in [0.1, 0.15) is 44.6 Å². The van der Waals surface area contributed by atoms with E-state index < -0.39 is 0 Å². The molecule has 1 aromatic carbocycles. The molecule has 1 aliphatic carbocycles. The molecule has 5 aliphatic rings. The van der Waals surface area contributed by atoms with Crippen molar-refractivity contribution in [1.82, 2.24) is 9.80 Å². The molecule has 0 N–H and O–H groups in total. The van der Waals surface area contributed by atoms with Crippen molar-refractivity contribution in [3.05, 3.63) is 59.8 Å². The molecule has 4 atom stereocenters. The first kappa shape index (κ1) is 20.2. The zero-order valence-electron chi connectivity index (χ0n) is 18.8. The SMILES string of the molecule is CC1CCN2C[C@@H]3CCCC3CC2COc2ccc(F)c(c2)C2=C3N=C1C=CN3CC=C2. The van der Waals surface area contributed by atoms with E-state index in [1.54, 1.807) is 6.07 Å². The molecule has 4 aliphatic heterocycles. The number of ether oxygens (including phenoxy) is 1. The lowest BCUT2D eigenvalue weighted by Gasteiger charge is -2.42. The van der Waals surface area contributed by atoms with E-state index in [4.69, 9.17) is 9.73 Å². The molecule has 0 amide bonds. The van der Waals surface area contributed by atoms with Gasteiger partial charge in [0.1, 0.15) is 24.0 Å². The minimum atomic E-state index is -0.231. The van der Waals surface area contributed by atoms with Crippen LogP contribution < -0.4 is 4.74 Å². The van der Waals surface area contributed by atoms with Gasteiger partial charge in [-0.15, -0.1) is 0 Å². The van der Waals surface area contributed by atoms with Gasteiger partial charge in [0.2, 0.25) is 0 Å². The van der Waals surface area contributed by atoms with E-state index >= 15 is 0 Å². The van der Waals surface area contributed by atoms with Gasteiger partial charge in [-0.25, -0.2) is 9.38 Å². The van der Waals surface area contributed by atoms with E-state index in [1.165, 1.54) is 38.3 Å². The lowest BCUT2D eigenvalue weighted by atomic mass is 9.84. The maximum Gasteiger partial charge on any atom is 0.141 e. The first-order valence-corrected chi connectivity index (χ1v) is 12.3. The van der Waals surface area contributed by atoms with Crippen molar-refractivity contribution in [3.8, 4) is 5.75 Å². The summed E-state index contributed by atoms with van der Waals surface area (Å²) in [5, 5.41) is 0. The molecular formula is C27H32FN3O. The van der Waals surface area contributed by atoms with Gasteiger partial charge in [0.15, 0.2) is 0 Å². The van der Waals surface area contributed by atoms with Crippen molar-refractivity contribution in [1.29, 1.82) is 0 Å². The molecule has 1 aromatic rings. The summed E-state index contributed by atoms with van der Waals surface area (Å²) in [6, 6.07) is 5.60. The minimum absolute atomic E-state index is 0.231. The Labute approximate surface area is 190 Å². The number of rotatable bonds is 0. The van der Waals surface area contributed by atoms with E-state index in [0.717, 1.165) is 54.2 Å². The first-order valence-electron chi connectivity index (χ1n) is 12.3. The number of hydrogen-bond acceptors (Lipinski definition) is 4. The molecule has 168 valence electrons. The van der Waals surface area contributed by atoms with Crippen molar-refractivity contribution in [2.45, 2.75) is 45.1 Å². The number of hydrogen-bond donors (Lipinski definition) is 0. The zero-order chi connectivity index (χ0) is 21.7. The van der Waals surface area contributed by atoms with Crippen molar-refractivity contribution in [2.75, 3.05) is 26.2 Å². The summed E-state index contributed by atoms with van der Waals surface area (Å²) >= 11 is 0. The quantitative estimate of drug-likeness (QED) is 0.560. The maximum absolute atomic E-state index is 15.0. The third-order valence-corrected chi connectivity index (χ3v) is 8.16. The minimum Gasteiger partial charge on any atom is -0.492 e. The van der Waals surface area contributed by atoms with E-state index in [2.05, 4.69) is 35.1 Å². The molecule has 5 heteroatoms. The highest BCUT2D eigenvalue weighted by atomic mass is 19.1. The number of allylic oxidation sites excluding steroid dienone is 3. The second-order valence-corrected chi connectivity index (χ2v) is 10.1. The van der Waals surface area contributed by atoms with Crippen LogP contribution in [-0.2, 0) is 0 Å². The topological polar surface area (TPSA) is 28.1 Å². The van der Waals surface area contributed by atoms with Gasteiger partial charge in [0, 0.05) is 42.2 Å². The molecule has 0 spiro atoms. The fourth-order valence-electron chi connectivity index (χ4n) is 6.23. The Hall–Kier alpha value is -2.40. The Morgan fingerprint density at radius 2 is 2.03 bits per heavy atom. The average molecular weight is 434 g/mol. The Kier molecular flexibility index (Phi) is 5.17. The number of halogens is 1. The Morgan fingerprint density at radius 1 is 1.12 bits per heavy atom. The fourth-order valence-corrected chi connectivity index (χ4v) is 6.23. The third kappa shape index (κ3) is 3.61.